The minimum Gasteiger partial charge on any atom is -0.495 e. The summed E-state index contributed by atoms with van der Waals surface area (Å²) in [4.78, 5) is 5.17. The Morgan fingerprint density at radius 3 is 2.55 bits per heavy atom. The first-order chi connectivity index (χ1) is 10.7. The topological polar surface area (TPSA) is 15.7 Å². The molecule has 1 unspecified atom stereocenters. The number of rotatable bonds is 3. The molecule has 0 amide bonds. The van der Waals surface area contributed by atoms with Gasteiger partial charge in [0.05, 0.1) is 12.8 Å². The van der Waals surface area contributed by atoms with Gasteiger partial charge in [-0.1, -0.05) is 18.0 Å². The van der Waals surface area contributed by atoms with Gasteiger partial charge in [-0.2, -0.15) is 0 Å². The van der Waals surface area contributed by atoms with Crippen molar-refractivity contribution in [1.82, 2.24) is 4.90 Å². The molecule has 0 N–H and O–H groups in total. The fourth-order valence-electron chi connectivity index (χ4n) is 4.86. The van der Waals surface area contributed by atoms with Crippen molar-refractivity contribution in [1.29, 1.82) is 0 Å². The average molecular weight is 321 g/mol. The molecule has 0 radical (unpaired) electrons. The smallest absolute Gasteiger partial charge is 0.142 e. The minimum atomic E-state index is 0.784. The summed E-state index contributed by atoms with van der Waals surface area (Å²) in [6.45, 7) is 4.49. The molecule has 2 bridgehead atoms. The molecule has 2 aliphatic carbocycles. The predicted molar refractivity (Wildman–Crippen MR) is 91.0 cm³/mol. The fourth-order valence-corrected chi connectivity index (χ4v) is 5.03. The van der Waals surface area contributed by atoms with Crippen LogP contribution >= 0.6 is 11.6 Å². The van der Waals surface area contributed by atoms with Crippen molar-refractivity contribution in [2.24, 2.45) is 11.8 Å². The van der Waals surface area contributed by atoms with E-state index in [0.717, 1.165) is 47.4 Å². The van der Waals surface area contributed by atoms with Gasteiger partial charge in [0, 0.05) is 37.2 Å². The molecule has 120 valence electrons. The number of hydrogen-bond donors (Lipinski definition) is 0. The van der Waals surface area contributed by atoms with Gasteiger partial charge >= 0.3 is 0 Å². The second-order valence-electron chi connectivity index (χ2n) is 7.08. The summed E-state index contributed by atoms with van der Waals surface area (Å²) in [5, 5.41) is 0.784. The molecule has 1 aromatic carbocycles. The molecule has 1 aromatic rings. The van der Waals surface area contributed by atoms with Crippen LogP contribution in [0.3, 0.4) is 0 Å². The standard InChI is InChI=1S/C18H25ClN2O/c1-22-18-5-4-15(19)12-17(18)21-8-6-20(7-9-21)16-11-13-2-3-14(16)10-13/h4-5,12-14,16H,2-3,6-11H2,1H3/t13-,14+,16?/m0/s1. The highest BCUT2D eigenvalue weighted by atomic mass is 35.5. The van der Waals surface area contributed by atoms with E-state index in [9.17, 15) is 0 Å². The van der Waals surface area contributed by atoms with Crippen LogP contribution in [-0.2, 0) is 0 Å². The van der Waals surface area contributed by atoms with Gasteiger partial charge in [-0.15, -0.1) is 0 Å². The Labute approximate surface area is 138 Å². The van der Waals surface area contributed by atoms with Gasteiger partial charge in [0.15, 0.2) is 0 Å². The summed E-state index contributed by atoms with van der Waals surface area (Å²) in [6, 6.07) is 6.77. The maximum Gasteiger partial charge on any atom is 0.142 e. The quantitative estimate of drug-likeness (QED) is 0.845. The predicted octanol–water partition coefficient (Wildman–Crippen LogP) is 3.66. The van der Waals surface area contributed by atoms with Crippen molar-refractivity contribution in [2.45, 2.75) is 31.7 Å². The third-order valence-electron chi connectivity index (χ3n) is 5.97. The molecule has 3 atom stereocenters. The van der Waals surface area contributed by atoms with Crippen LogP contribution in [0.2, 0.25) is 5.02 Å². The SMILES string of the molecule is COc1ccc(Cl)cc1N1CCN(C2C[C@H]3CC[C@@H]2C3)CC1. The Morgan fingerprint density at radius 2 is 1.91 bits per heavy atom. The lowest BCUT2D eigenvalue weighted by molar-refractivity contribution is 0.135. The van der Waals surface area contributed by atoms with E-state index < -0.39 is 0 Å². The van der Waals surface area contributed by atoms with E-state index in [4.69, 9.17) is 16.3 Å². The summed E-state index contributed by atoms with van der Waals surface area (Å²) >= 11 is 6.18. The first-order valence-corrected chi connectivity index (χ1v) is 8.95. The summed E-state index contributed by atoms with van der Waals surface area (Å²) in [7, 11) is 1.73. The van der Waals surface area contributed by atoms with Gasteiger partial charge in [-0.05, 0) is 49.3 Å². The largest absolute Gasteiger partial charge is 0.495 e. The normalized spacial score (nSPS) is 31.7. The van der Waals surface area contributed by atoms with E-state index in [1.807, 2.05) is 18.2 Å². The summed E-state index contributed by atoms with van der Waals surface area (Å²) in [6.07, 6.45) is 5.90. The van der Waals surface area contributed by atoms with Gasteiger partial charge in [0.2, 0.25) is 0 Å². The van der Waals surface area contributed by atoms with Crippen molar-refractivity contribution in [3.8, 4) is 5.75 Å². The van der Waals surface area contributed by atoms with E-state index in [2.05, 4.69) is 9.80 Å². The lowest BCUT2D eigenvalue weighted by atomic mass is 9.93. The van der Waals surface area contributed by atoms with Crippen LogP contribution in [0.5, 0.6) is 5.75 Å². The van der Waals surface area contributed by atoms with E-state index in [0.29, 0.717) is 0 Å². The molecular weight excluding hydrogens is 296 g/mol. The molecule has 4 heteroatoms. The van der Waals surface area contributed by atoms with Gasteiger partial charge in [-0.25, -0.2) is 0 Å². The van der Waals surface area contributed by atoms with E-state index in [-0.39, 0.29) is 0 Å². The number of nitrogens with zero attached hydrogens (tertiary/aromatic N) is 2. The van der Waals surface area contributed by atoms with Gasteiger partial charge in [-0.3, -0.25) is 4.90 Å². The zero-order valence-electron chi connectivity index (χ0n) is 13.3. The molecule has 3 fully saturated rings. The maximum absolute atomic E-state index is 6.18. The number of fused-ring (bicyclic) bond motifs is 2. The first kappa shape index (κ1) is 14.6. The Bertz CT molecular complexity index is 542. The van der Waals surface area contributed by atoms with Crippen molar-refractivity contribution < 1.29 is 4.74 Å². The lowest BCUT2D eigenvalue weighted by Crippen LogP contribution is -2.51. The van der Waals surface area contributed by atoms with Gasteiger partial charge in [0.1, 0.15) is 5.75 Å². The first-order valence-electron chi connectivity index (χ1n) is 8.57. The monoisotopic (exact) mass is 320 g/mol. The fraction of sp³-hybridized carbons (Fsp3) is 0.667. The number of ether oxygens (including phenoxy) is 1. The highest BCUT2D eigenvalue weighted by Gasteiger charge is 2.42. The summed E-state index contributed by atoms with van der Waals surface area (Å²) < 4.78 is 5.51. The molecule has 2 saturated carbocycles. The summed E-state index contributed by atoms with van der Waals surface area (Å²) in [5.41, 5.74) is 1.14. The highest BCUT2D eigenvalue weighted by Crippen LogP contribution is 2.47. The number of benzene rings is 1. The average Bonchev–Trinajstić information content (AvgIpc) is 3.18. The van der Waals surface area contributed by atoms with Crippen molar-refractivity contribution in [3.63, 3.8) is 0 Å². The zero-order valence-corrected chi connectivity index (χ0v) is 14.1. The highest BCUT2D eigenvalue weighted by molar-refractivity contribution is 6.30. The van der Waals surface area contributed by atoms with Crippen LogP contribution in [0.4, 0.5) is 5.69 Å². The molecule has 22 heavy (non-hydrogen) atoms. The Hall–Kier alpha value is -0.930. The van der Waals surface area contributed by atoms with Crippen LogP contribution in [-0.4, -0.2) is 44.2 Å². The van der Waals surface area contributed by atoms with Crippen molar-refractivity contribution in [3.05, 3.63) is 23.2 Å². The van der Waals surface area contributed by atoms with E-state index >= 15 is 0 Å². The molecule has 0 spiro atoms. The molecule has 1 saturated heterocycles. The molecule has 0 aromatic heterocycles. The maximum atomic E-state index is 6.18. The molecule has 3 aliphatic rings. The molecule has 1 aliphatic heterocycles. The minimum absolute atomic E-state index is 0.784. The van der Waals surface area contributed by atoms with Crippen LogP contribution in [0.1, 0.15) is 25.7 Å². The van der Waals surface area contributed by atoms with E-state index in [1.54, 1.807) is 7.11 Å². The van der Waals surface area contributed by atoms with Crippen molar-refractivity contribution >= 4 is 17.3 Å². The molecule has 3 nitrogen and oxygen atoms in total. The van der Waals surface area contributed by atoms with Crippen LogP contribution in [0.25, 0.3) is 0 Å². The zero-order chi connectivity index (χ0) is 15.1. The summed E-state index contributed by atoms with van der Waals surface area (Å²) in [5.74, 6) is 2.94. The lowest BCUT2D eigenvalue weighted by Gasteiger charge is -2.42. The van der Waals surface area contributed by atoms with Crippen LogP contribution < -0.4 is 9.64 Å². The van der Waals surface area contributed by atoms with Gasteiger partial charge in [0.25, 0.3) is 0 Å². The van der Waals surface area contributed by atoms with Crippen molar-refractivity contribution in [2.75, 3.05) is 38.2 Å². The number of hydrogen-bond acceptors (Lipinski definition) is 3. The Kier molecular flexibility index (Phi) is 3.95. The number of anilines is 1. The molecule has 4 rings (SSSR count). The van der Waals surface area contributed by atoms with E-state index in [1.165, 1.54) is 38.8 Å². The Morgan fingerprint density at radius 1 is 1.09 bits per heavy atom. The number of piperazine rings is 1. The second kappa shape index (κ2) is 5.93. The molecule has 1 heterocycles. The third-order valence-corrected chi connectivity index (χ3v) is 6.20. The third kappa shape index (κ3) is 2.59. The number of methoxy groups -OCH3 is 1. The molecular formula is C18H25ClN2O. The van der Waals surface area contributed by atoms with Crippen LogP contribution in [0.15, 0.2) is 18.2 Å². The number of halogens is 1. The second-order valence-corrected chi connectivity index (χ2v) is 7.52. The Balaban J connectivity index is 1.43. The van der Waals surface area contributed by atoms with Gasteiger partial charge < -0.3 is 9.64 Å². The van der Waals surface area contributed by atoms with Crippen LogP contribution in [0, 0.1) is 11.8 Å².